The lowest BCUT2D eigenvalue weighted by Gasteiger charge is -2.24. The van der Waals surface area contributed by atoms with Crippen LogP contribution in [0.15, 0.2) is 23.9 Å². The van der Waals surface area contributed by atoms with E-state index >= 15 is 0 Å². The van der Waals surface area contributed by atoms with Crippen LogP contribution >= 0.6 is 0 Å². The Morgan fingerprint density at radius 2 is 2.21 bits per heavy atom. The van der Waals surface area contributed by atoms with Crippen LogP contribution in [0.5, 0.6) is 0 Å². The number of rotatable bonds is 5. The van der Waals surface area contributed by atoms with E-state index in [0.717, 1.165) is 6.92 Å². The first kappa shape index (κ1) is 15.3. The minimum atomic E-state index is -2.83. The molecule has 0 aliphatic carbocycles. The number of nitrogens with two attached hydrogens (primary N) is 1. The molecule has 0 spiro atoms. The third kappa shape index (κ3) is 4.46. The number of alkyl halides is 2. The fraction of sp³-hybridized carbons (Fsp3) is 0.538. The standard InChI is InChI=1S/C13H18F2N2O2/c1-3-10(12(16)19)17-7-6-9(4-5-11(17)18)8-13(2,14)15/h4,6-7,10H,3,5,8H2,1-2H3,(H2,16,19). The predicted molar refractivity (Wildman–Crippen MR) is 67.2 cm³/mol. The summed E-state index contributed by atoms with van der Waals surface area (Å²) in [6.45, 7) is 2.56. The Morgan fingerprint density at radius 3 is 2.68 bits per heavy atom. The Kier molecular flexibility index (Phi) is 4.80. The van der Waals surface area contributed by atoms with Gasteiger partial charge in [0.2, 0.25) is 17.7 Å². The average molecular weight is 272 g/mol. The van der Waals surface area contributed by atoms with Crippen molar-refractivity contribution in [2.24, 2.45) is 5.73 Å². The van der Waals surface area contributed by atoms with E-state index in [9.17, 15) is 18.4 Å². The normalized spacial score (nSPS) is 18.0. The van der Waals surface area contributed by atoms with Gasteiger partial charge in [-0.05, 0) is 25.0 Å². The van der Waals surface area contributed by atoms with Gasteiger partial charge in [-0.25, -0.2) is 8.78 Å². The van der Waals surface area contributed by atoms with Gasteiger partial charge in [0.25, 0.3) is 0 Å². The molecule has 0 saturated carbocycles. The van der Waals surface area contributed by atoms with E-state index in [1.54, 1.807) is 6.92 Å². The summed E-state index contributed by atoms with van der Waals surface area (Å²) in [5.74, 6) is -3.76. The van der Waals surface area contributed by atoms with Gasteiger partial charge in [-0.2, -0.15) is 0 Å². The van der Waals surface area contributed by atoms with Crippen molar-refractivity contribution in [1.29, 1.82) is 0 Å². The van der Waals surface area contributed by atoms with Crippen molar-refractivity contribution in [2.75, 3.05) is 0 Å². The Balaban J connectivity index is 2.89. The smallest absolute Gasteiger partial charge is 0.249 e. The van der Waals surface area contributed by atoms with Crippen LogP contribution in [0.3, 0.4) is 0 Å². The molecule has 1 unspecified atom stereocenters. The number of primary amides is 1. The van der Waals surface area contributed by atoms with Gasteiger partial charge in [0.05, 0.1) is 0 Å². The number of hydrogen-bond acceptors (Lipinski definition) is 2. The van der Waals surface area contributed by atoms with Crippen LogP contribution in [0.1, 0.15) is 33.1 Å². The van der Waals surface area contributed by atoms with E-state index in [1.807, 2.05) is 0 Å². The van der Waals surface area contributed by atoms with Gasteiger partial charge in [0, 0.05) is 19.0 Å². The molecule has 0 bridgehead atoms. The molecule has 2 amide bonds. The summed E-state index contributed by atoms with van der Waals surface area (Å²) in [5.41, 5.74) is 5.60. The first-order valence-corrected chi connectivity index (χ1v) is 6.10. The van der Waals surface area contributed by atoms with Crippen LogP contribution < -0.4 is 5.73 Å². The molecule has 0 fully saturated rings. The van der Waals surface area contributed by atoms with Crippen LogP contribution in [-0.4, -0.2) is 28.7 Å². The molecule has 1 atom stereocenters. The van der Waals surface area contributed by atoms with Gasteiger partial charge >= 0.3 is 0 Å². The maximum absolute atomic E-state index is 12.9. The molecule has 0 radical (unpaired) electrons. The van der Waals surface area contributed by atoms with Gasteiger partial charge in [-0.1, -0.05) is 13.0 Å². The monoisotopic (exact) mass is 272 g/mol. The van der Waals surface area contributed by atoms with Crippen LogP contribution in [0.25, 0.3) is 0 Å². The maximum Gasteiger partial charge on any atom is 0.249 e. The lowest BCUT2D eigenvalue weighted by molar-refractivity contribution is -0.135. The van der Waals surface area contributed by atoms with Crippen molar-refractivity contribution in [2.45, 2.75) is 45.1 Å². The quantitative estimate of drug-likeness (QED) is 0.831. The average Bonchev–Trinajstić information content (AvgIpc) is 2.42. The predicted octanol–water partition coefficient (Wildman–Crippen LogP) is 1.97. The Bertz CT molecular complexity index is 425. The highest BCUT2D eigenvalue weighted by Gasteiger charge is 2.27. The molecule has 0 aromatic heterocycles. The van der Waals surface area contributed by atoms with Crippen molar-refractivity contribution in [3.8, 4) is 0 Å². The van der Waals surface area contributed by atoms with E-state index in [0.29, 0.717) is 12.0 Å². The molecule has 0 saturated heterocycles. The Hall–Kier alpha value is -1.72. The molecule has 4 nitrogen and oxygen atoms in total. The molecule has 1 heterocycles. The summed E-state index contributed by atoms with van der Waals surface area (Å²) in [7, 11) is 0. The highest BCUT2D eigenvalue weighted by Crippen LogP contribution is 2.25. The summed E-state index contributed by atoms with van der Waals surface area (Å²) in [5, 5.41) is 0. The molecule has 106 valence electrons. The largest absolute Gasteiger partial charge is 0.368 e. The minimum Gasteiger partial charge on any atom is -0.368 e. The highest BCUT2D eigenvalue weighted by atomic mass is 19.3. The third-order valence-electron chi connectivity index (χ3n) is 2.84. The zero-order valence-electron chi connectivity index (χ0n) is 11.0. The van der Waals surface area contributed by atoms with Gasteiger partial charge < -0.3 is 10.6 Å². The molecule has 1 aliphatic heterocycles. The number of nitrogens with zero attached hydrogens (tertiary/aromatic N) is 1. The molecule has 0 aromatic rings. The topological polar surface area (TPSA) is 63.4 Å². The molecular weight excluding hydrogens is 254 g/mol. The number of halogens is 2. The second-order valence-corrected chi connectivity index (χ2v) is 4.67. The number of carbonyl (C=O) groups excluding carboxylic acids is 2. The first-order valence-electron chi connectivity index (χ1n) is 6.10. The number of amides is 2. The SMILES string of the molecule is CCC(C(N)=O)N1C=CC(CC(C)(F)F)=CCC1=O. The number of hydrogen-bond donors (Lipinski definition) is 1. The molecule has 1 aliphatic rings. The molecule has 1 rings (SSSR count). The lowest BCUT2D eigenvalue weighted by atomic mass is 10.1. The minimum absolute atomic E-state index is 0.0117. The fourth-order valence-electron chi connectivity index (χ4n) is 1.95. The van der Waals surface area contributed by atoms with Gasteiger partial charge in [0.1, 0.15) is 6.04 Å². The van der Waals surface area contributed by atoms with Crippen molar-refractivity contribution >= 4 is 11.8 Å². The van der Waals surface area contributed by atoms with E-state index in [4.69, 9.17) is 5.73 Å². The van der Waals surface area contributed by atoms with Crippen molar-refractivity contribution in [1.82, 2.24) is 4.90 Å². The Morgan fingerprint density at radius 1 is 1.58 bits per heavy atom. The highest BCUT2D eigenvalue weighted by molar-refractivity contribution is 5.88. The second-order valence-electron chi connectivity index (χ2n) is 4.67. The van der Waals surface area contributed by atoms with Crippen molar-refractivity contribution in [3.05, 3.63) is 23.9 Å². The van der Waals surface area contributed by atoms with Crippen LogP contribution in [-0.2, 0) is 9.59 Å². The van der Waals surface area contributed by atoms with E-state index in [-0.39, 0.29) is 12.3 Å². The molecule has 6 heteroatoms. The van der Waals surface area contributed by atoms with E-state index in [1.165, 1.54) is 23.3 Å². The second kappa shape index (κ2) is 5.95. The van der Waals surface area contributed by atoms with Gasteiger partial charge in [0.15, 0.2) is 0 Å². The summed E-state index contributed by atoms with van der Waals surface area (Å²) in [4.78, 5) is 24.3. The molecule has 2 N–H and O–H groups in total. The molecule has 0 aromatic carbocycles. The summed E-state index contributed by atoms with van der Waals surface area (Å²) < 4.78 is 25.9. The van der Waals surface area contributed by atoms with Crippen LogP contribution in [0.2, 0.25) is 0 Å². The zero-order valence-corrected chi connectivity index (χ0v) is 11.0. The zero-order chi connectivity index (χ0) is 14.6. The maximum atomic E-state index is 12.9. The fourth-order valence-corrected chi connectivity index (χ4v) is 1.95. The summed E-state index contributed by atoms with van der Waals surface area (Å²) in [6.07, 6.45) is 4.20. The van der Waals surface area contributed by atoms with Crippen molar-refractivity contribution < 1.29 is 18.4 Å². The van der Waals surface area contributed by atoms with E-state index < -0.39 is 24.3 Å². The lowest BCUT2D eigenvalue weighted by Crippen LogP contribution is -2.44. The van der Waals surface area contributed by atoms with Crippen molar-refractivity contribution in [3.63, 3.8) is 0 Å². The first-order chi connectivity index (χ1) is 8.74. The van der Waals surface area contributed by atoms with Crippen LogP contribution in [0.4, 0.5) is 8.78 Å². The molecular formula is C13H18F2N2O2. The summed E-state index contributed by atoms with van der Waals surface area (Å²) in [6, 6.07) is -0.737. The molecule has 19 heavy (non-hydrogen) atoms. The number of carbonyl (C=O) groups is 2. The van der Waals surface area contributed by atoms with E-state index in [2.05, 4.69) is 0 Å². The van der Waals surface area contributed by atoms with Crippen LogP contribution in [0, 0.1) is 0 Å². The number of allylic oxidation sites excluding steroid dienone is 2. The van der Waals surface area contributed by atoms with Gasteiger partial charge in [-0.15, -0.1) is 0 Å². The Labute approximate surface area is 110 Å². The van der Waals surface area contributed by atoms with Gasteiger partial charge in [-0.3, -0.25) is 9.59 Å². The summed E-state index contributed by atoms with van der Waals surface area (Å²) >= 11 is 0. The third-order valence-corrected chi connectivity index (χ3v) is 2.84.